The summed E-state index contributed by atoms with van der Waals surface area (Å²) < 4.78 is 0. The standard InChI is InChI=1S/C16H24O2/c1-12-7-9-13(10-8-12)14(15(17)18)6-5-11-16(2,3)4/h7-10,14H,5-6,11H2,1-4H3,(H,17,18). The van der Waals surface area contributed by atoms with Crippen LogP contribution in [-0.2, 0) is 4.79 Å². The Morgan fingerprint density at radius 2 is 1.78 bits per heavy atom. The van der Waals surface area contributed by atoms with E-state index in [1.165, 1.54) is 0 Å². The fraction of sp³-hybridized carbons (Fsp3) is 0.562. The van der Waals surface area contributed by atoms with Crippen LogP contribution in [0.15, 0.2) is 24.3 Å². The number of rotatable bonds is 5. The van der Waals surface area contributed by atoms with Gasteiger partial charge in [-0.15, -0.1) is 0 Å². The minimum atomic E-state index is -0.715. The molecule has 100 valence electrons. The van der Waals surface area contributed by atoms with Crippen molar-refractivity contribution in [1.29, 1.82) is 0 Å². The highest BCUT2D eigenvalue weighted by Crippen LogP contribution is 2.27. The first-order chi connectivity index (χ1) is 8.29. The van der Waals surface area contributed by atoms with Crippen molar-refractivity contribution in [3.63, 3.8) is 0 Å². The number of hydrogen-bond donors (Lipinski definition) is 1. The molecule has 0 amide bonds. The molecule has 1 rings (SSSR count). The third kappa shape index (κ3) is 4.91. The SMILES string of the molecule is Cc1ccc(C(CCCC(C)(C)C)C(=O)O)cc1. The first-order valence-electron chi connectivity index (χ1n) is 6.59. The van der Waals surface area contributed by atoms with Gasteiger partial charge in [-0.05, 0) is 30.7 Å². The number of benzene rings is 1. The second kappa shape index (κ2) is 6.03. The molecule has 0 aliphatic heterocycles. The second-order valence-corrected chi connectivity index (χ2v) is 6.25. The average Bonchev–Trinajstić information content (AvgIpc) is 2.24. The van der Waals surface area contributed by atoms with Crippen LogP contribution in [0.2, 0.25) is 0 Å². The van der Waals surface area contributed by atoms with E-state index in [2.05, 4.69) is 20.8 Å². The molecule has 1 aromatic rings. The molecule has 0 aliphatic carbocycles. The summed E-state index contributed by atoms with van der Waals surface area (Å²) in [7, 11) is 0. The molecule has 2 nitrogen and oxygen atoms in total. The first kappa shape index (κ1) is 14.7. The van der Waals surface area contributed by atoms with E-state index in [-0.39, 0.29) is 11.3 Å². The van der Waals surface area contributed by atoms with E-state index in [1.807, 2.05) is 31.2 Å². The zero-order valence-corrected chi connectivity index (χ0v) is 11.9. The Kier molecular flexibility index (Phi) is 4.94. The second-order valence-electron chi connectivity index (χ2n) is 6.25. The molecule has 0 saturated carbocycles. The predicted octanol–water partition coefficient (Wildman–Crippen LogP) is 4.38. The maximum absolute atomic E-state index is 11.3. The lowest BCUT2D eigenvalue weighted by Gasteiger charge is -2.19. The van der Waals surface area contributed by atoms with Gasteiger partial charge in [0.1, 0.15) is 0 Å². The quantitative estimate of drug-likeness (QED) is 0.839. The van der Waals surface area contributed by atoms with Gasteiger partial charge in [0, 0.05) is 0 Å². The Labute approximate surface area is 110 Å². The fourth-order valence-electron chi connectivity index (χ4n) is 2.07. The molecular formula is C16H24O2. The summed E-state index contributed by atoms with van der Waals surface area (Å²) in [6.45, 7) is 8.58. The van der Waals surface area contributed by atoms with Gasteiger partial charge >= 0.3 is 5.97 Å². The molecule has 0 fully saturated rings. The highest BCUT2D eigenvalue weighted by Gasteiger charge is 2.20. The van der Waals surface area contributed by atoms with Gasteiger partial charge in [0.2, 0.25) is 0 Å². The number of hydrogen-bond acceptors (Lipinski definition) is 1. The molecule has 0 saturated heterocycles. The number of aryl methyl sites for hydroxylation is 1. The Balaban J connectivity index is 2.66. The van der Waals surface area contributed by atoms with E-state index in [9.17, 15) is 9.90 Å². The van der Waals surface area contributed by atoms with Crippen LogP contribution in [0, 0.1) is 12.3 Å². The van der Waals surface area contributed by atoms with Gasteiger partial charge in [0.05, 0.1) is 5.92 Å². The summed E-state index contributed by atoms with van der Waals surface area (Å²) >= 11 is 0. The zero-order valence-electron chi connectivity index (χ0n) is 11.9. The van der Waals surface area contributed by atoms with Gasteiger partial charge in [0.15, 0.2) is 0 Å². The van der Waals surface area contributed by atoms with Crippen LogP contribution in [0.5, 0.6) is 0 Å². The van der Waals surface area contributed by atoms with Gasteiger partial charge in [-0.1, -0.05) is 57.0 Å². The molecule has 18 heavy (non-hydrogen) atoms. The van der Waals surface area contributed by atoms with Crippen LogP contribution in [-0.4, -0.2) is 11.1 Å². The molecule has 1 N–H and O–H groups in total. The molecule has 0 bridgehead atoms. The first-order valence-corrected chi connectivity index (χ1v) is 6.59. The summed E-state index contributed by atoms with van der Waals surface area (Å²) in [5.74, 6) is -1.08. The molecule has 0 spiro atoms. The maximum Gasteiger partial charge on any atom is 0.310 e. The van der Waals surface area contributed by atoms with Crippen LogP contribution in [0.25, 0.3) is 0 Å². The normalized spacial score (nSPS) is 13.3. The van der Waals surface area contributed by atoms with Crippen LogP contribution in [0.4, 0.5) is 0 Å². The summed E-state index contributed by atoms with van der Waals surface area (Å²) in [4.78, 5) is 11.3. The lowest BCUT2D eigenvalue weighted by atomic mass is 9.86. The molecular weight excluding hydrogens is 224 g/mol. The average molecular weight is 248 g/mol. The van der Waals surface area contributed by atoms with Crippen LogP contribution in [0.1, 0.15) is 57.1 Å². The monoisotopic (exact) mass is 248 g/mol. The molecule has 1 atom stereocenters. The van der Waals surface area contributed by atoms with Gasteiger partial charge in [0.25, 0.3) is 0 Å². The van der Waals surface area contributed by atoms with E-state index in [0.717, 1.165) is 30.4 Å². The summed E-state index contributed by atoms with van der Waals surface area (Å²) in [6.07, 6.45) is 2.73. The van der Waals surface area contributed by atoms with Crippen molar-refractivity contribution >= 4 is 5.97 Å². The highest BCUT2D eigenvalue weighted by atomic mass is 16.4. The van der Waals surface area contributed by atoms with Gasteiger partial charge in [-0.25, -0.2) is 0 Å². The van der Waals surface area contributed by atoms with Crippen LogP contribution in [0.3, 0.4) is 0 Å². The number of carbonyl (C=O) groups is 1. The minimum absolute atomic E-state index is 0.274. The van der Waals surface area contributed by atoms with E-state index in [1.54, 1.807) is 0 Å². The van der Waals surface area contributed by atoms with Crippen molar-refractivity contribution in [2.75, 3.05) is 0 Å². The molecule has 1 unspecified atom stereocenters. The van der Waals surface area contributed by atoms with Crippen LogP contribution < -0.4 is 0 Å². The Hall–Kier alpha value is -1.31. The highest BCUT2D eigenvalue weighted by molar-refractivity contribution is 5.76. The van der Waals surface area contributed by atoms with Crippen molar-refractivity contribution in [3.05, 3.63) is 35.4 Å². The molecule has 1 aromatic carbocycles. The lowest BCUT2D eigenvalue weighted by Crippen LogP contribution is -2.13. The van der Waals surface area contributed by atoms with E-state index in [0.29, 0.717) is 0 Å². The lowest BCUT2D eigenvalue weighted by molar-refractivity contribution is -0.139. The van der Waals surface area contributed by atoms with Crippen molar-refractivity contribution in [1.82, 2.24) is 0 Å². The minimum Gasteiger partial charge on any atom is -0.481 e. The van der Waals surface area contributed by atoms with Crippen molar-refractivity contribution < 1.29 is 9.90 Å². The largest absolute Gasteiger partial charge is 0.481 e. The van der Waals surface area contributed by atoms with Gasteiger partial charge < -0.3 is 5.11 Å². The predicted molar refractivity (Wildman–Crippen MR) is 74.9 cm³/mol. The number of aliphatic carboxylic acids is 1. The van der Waals surface area contributed by atoms with Crippen molar-refractivity contribution in [2.24, 2.45) is 5.41 Å². The van der Waals surface area contributed by atoms with Gasteiger partial charge in [-0.3, -0.25) is 4.79 Å². The Morgan fingerprint density at radius 3 is 2.22 bits per heavy atom. The van der Waals surface area contributed by atoms with Crippen molar-refractivity contribution in [2.45, 2.75) is 52.9 Å². The molecule has 0 radical (unpaired) electrons. The molecule has 0 aliphatic rings. The Morgan fingerprint density at radius 1 is 1.22 bits per heavy atom. The molecule has 0 heterocycles. The summed E-state index contributed by atoms with van der Waals surface area (Å²) in [5.41, 5.74) is 2.36. The zero-order chi connectivity index (χ0) is 13.8. The number of carboxylic acid groups (broad SMARTS) is 1. The molecule has 2 heteroatoms. The fourth-order valence-corrected chi connectivity index (χ4v) is 2.07. The smallest absolute Gasteiger partial charge is 0.310 e. The summed E-state index contributed by atoms with van der Waals surface area (Å²) in [6, 6.07) is 7.83. The maximum atomic E-state index is 11.3. The Bertz CT molecular complexity index is 385. The topological polar surface area (TPSA) is 37.3 Å². The van der Waals surface area contributed by atoms with Gasteiger partial charge in [-0.2, -0.15) is 0 Å². The van der Waals surface area contributed by atoms with E-state index >= 15 is 0 Å². The third-order valence-corrected chi connectivity index (χ3v) is 3.20. The summed E-state index contributed by atoms with van der Waals surface area (Å²) in [5, 5.41) is 9.33. The third-order valence-electron chi connectivity index (χ3n) is 3.20. The number of carboxylic acids is 1. The van der Waals surface area contributed by atoms with Crippen molar-refractivity contribution in [3.8, 4) is 0 Å². The van der Waals surface area contributed by atoms with E-state index in [4.69, 9.17) is 0 Å². The van der Waals surface area contributed by atoms with Crippen LogP contribution >= 0.6 is 0 Å². The molecule has 0 aromatic heterocycles. The van der Waals surface area contributed by atoms with E-state index < -0.39 is 5.97 Å².